The fraction of sp³-hybridized carbons (Fsp3) is 0.207. The van der Waals surface area contributed by atoms with Crippen LogP contribution in [0.2, 0.25) is 10.0 Å². The molecule has 0 unspecified atom stereocenters. The van der Waals surface area contributed by atoms with E-state index < -0.39 is 24.4 Å². The highest BCUT2D eigenvalue weighted by atomic mass is 127. The van der Waals surface area contributed by atoms with Crippen molar-refractivity contribution in [1.82, 2.24) is 10.2 Å². The maximum Gasteiger partial charge on any atom is 0.329 e. The molecule has 1 saturated heterocycles. The van der Waals surface area contributed by atoms with Crippen molar-refractivity contribution in [2.75, 3.05) is 18.5 Å². The lowest BCUT2D eigenvalue weighted by Crippen LogP contribution is -2.38. The number of hydrogen-bond acceptors (Lipinski definition) is 5. The van der Waals surface area contributed by atoms with Gasteiger partial charge in [-0.15, -0.1) is 0 Å². The van der Waals surface area contributed by atoms with Crippen molar-refractivity contribution < 1.29 is 23.9 Å². The predicted molar refractivity (Wildman–Crippen MR) is 164 cm³/mol. The van der Waals surface area contributed by atoms with Crippen molar-refractivity contribution in [1.29, 1.82) is 0 Å². The number of ether oxygens (including phenoxy) is 2. The average Bonchev–Trinajstić information content (AvgIpc) is 3.17. The molecule has 208 valence electrons. The van der Waals surface area contributed by atoms with E-state index >= 15 is 0 Å². The molecule has 4 amide bonds. The Morgan fingerprint density at radius 1 is 1.05 bits per heavy atom. The van der Waals surface area contributed by atoms with E-state index in [1.54, 1.807) is 30.3 Å². The second-order valence-electron chi connectivity index (χ2n) is 8.74. The molecule has 0 radical (unpaired) electrons. The third-order valence-electron chi connectivity index (χ3n) is 5.95. The van der Waals surface area contributed by atoms with Gasteiger partial charge in [-0.25, -0.2) is 9.69 Å². The fourth-order valence-electron chi connectivity index (χ4n) is 4.02. The van der Waals surface area contributed by atoms with Crippen LogP contribution >= 0.6 is 45.8 Å². The minimum absolute atomic E-state index is 0.0504. The number of urea groups is 1. The van der Waals surface area contributed by atoms with Gasteiger partial charge in [-0.1, -0.05) is 54.4 Å². The molecule has 0 saturated carbocycles. The van der Waals surface area contributed by atoms with Crippen molar-refractivity contribution in [3.8, 4) is 11.5 Å². The van der Waals surface area contributed by atoms with Gasteiger partial charge in [-0.05, 0) is 89.0 Å². The lowest BCUT2D eigenvalue weighted by Gasteiger charge is -2.15. The topological polar surface area (TPSA) is 97.0 Å². The number of anilines is 1. The van der Waals surface area contributed by atoms with Crippen LogP contribution in [0.15, 0.2) is 60.3 Å². The Balaban J connectivity index is 1.49. The lowest BCUT2D eigenvalue weighted by atomic mass is 10.1. The summed E-state index contributed by atoms with van der Waals surface area (Å²) >= 11 is 14.2. The van der Waals surface area contributed by atoms with E-state index in [4.69, 9.17) is 32.7 Å². The Bertz CT molecular complexity index is 1490. The summed E-state index contributed by atoms with van der Waals surface area (Å²) in [6.45, 7) is 4.04. The molecule has 1 heterocycles. The van der Waals surface area contributed by atoms with Crippen LogP contribution in [0.1, 0.15) is 30.5 Å². The first kappa shape index (κ1) is 29.7. The number of nitrogens with one attached hydrogen (secondary N) is 2. The van der Waals surface area contributed by atoms with E-state index in [0.717, 1.165) is 26.0 Å². The number of para-hydroxylation sites is 1. The Morgan fingerprint density at radius 2 is 1.82 bits per heavy atom. The van der Waals surface area contributed by atoms with Gasteiger partial charge in [-0.2, -0.15) is 0 Å². The van der Waals surface area contributed by atoms with E-state index in [9.17, 15) is 14.4 Å². The summed E-state index contributed by atoms with van der Waals surface area (Å²) in [5.74, 6) is -0.0637. The molecular formula is C29H26Cl2IN3O5. The van der Waals surface area contributed by atoms with E-state index in [1.165, 1.54) is 6.08 Å². The quantitative estimate of drug-likeness (QED) is 0.141. The minimum atomic E-state index is -0.670. The van der Waals surface area contributed by atoms with Crippen molar-refractivity contribution in [2.45, 2.75) is 26.9 Å². The zero-order chi connectivity index (χ0) is 28.8. The monoisotopic (exact) mass is 693 g/mol. The average molecular weight is 694 g/mol. The third-order valence-corrected chi connectivity index (χ3v) is 7.49. The number of aryl methyl sites for hydroxylation is 1. The highest BCUT2D eigenvalue weighted by molar-refractivity contribution is 14.1. The molecule has 2 N–H and O–H groups in total. The number of halogens is 3. The summed E-state index contributed by atoms with van der Waals surface area (Å²) in [4.78, 5) is 39.1. The summed E-state index contributed by atoms with van der Waals surface area (Å²) in [5, 5.41) is 6.23. The van der Waals surface area contributed by atoms with Crippen LogP contribution in [-0.4, -0.2) is 35.9 Å². The molecule has 0 bridgehead atoms. The second-order valence-corrected chi connectivity index (χ2v) is 10.7. The zero-order valence-electron chi connectivity index (χ0n) is 21.7. The van der Waals surface area contributed by atoms with Gasteiger partial charge in [0, 0.05) is 5.69 Å². The largest absolute Gasteiger partial charge is 0.490 e. The first-order chi connectivity index (χ1) is 19.2. The number of amides is 4. The Labute approximate surface area is 255 Å². The molecule has 1 aliphatic rings. The van der Waals surface area contributed by atoms with Crippen molar-refractivity contribution in [2.24, 2.45) is 0 Å². The van der Waals surface area contributed by atoms with Gasteiger partial charge >= 0.3 is 6.03 Å². The Morgan fingerprint density at radius 3 is 2.55 bits per heavy atom. The van der Waals surface area contributed by atoms with Crippen LogP contribution in [0.25, 0.3) is 6.08 Å². The fourth-order valence-corrected chi connectivity index (χ4v) is 5.13. The normalized spacial score (nSPS) is 13.9. The standard InChI is InChI=1S/C29H26Cl2IN3O5/c1-3-19-7-5-6-8-23(19)33-26(36)15-35-28(37)24(34-29(35)38)13-18-12-22(32)27(25(14-18)39-4-2)40-16-17-9-10-20(30)21(31)11-17/h5-14H,3-4,15-16H2,1-2H3,(H,33,36)(H,34,38)/b24-13+. The predicted octanol–water partition coefficient (Wildman–Crippen LogP) is 6.67. The summed E-state index contributed by atoms with van der Waals surface area (Å²) in [5.41, 5.74) is 3.10. The molecule has 0 aliphatic carbocycles. The Kier molecular flexibility index (Phi) is 9.94. The molecule has 0 aromatic heterocycles. The maximum absolute atomic E-state index is 13.0. The van der Waals surface area contributed by atoms with Gasteiger partial charge < -0.3 is 20.1 Å². The number of rotatable bonds is 10. The van der Waals surface area contributed by atoms with Gasteiger partial charge in [0.15, 0.2) is 11.5 Å². The van der Waals surface area contributed by atoms with E-state index in [2.05, 4.69) is 33.2 Å². The molecule has 0 spiro atoms. The highest BCUT2D eigenvalue weighted by Crippen LogP contribution is 2.36. The number of carbonyl (C=O) groups excluding carboxylic acids is 3. The van der Waals surface area contributed by atoms with Crippen molar-refractivity contribution in [3.05, 3.63) is 90.6 Å². The van der Waals surface area contributed by atoms with Gasteiger partial charge in [-0.3, -0.25) is 9.59 Å². The zero-order valence-corrected chi connectivity index (χ0v) is 25.4. The molecule has 0 atom stereocenters. The summed E-state index contributed by atoms with van der Waals surface area (Å²) in [6.07, 6.45) is 2.27. The van der Waals surface area contributed by atoms with E-state index in [1.807, 2.05) is 38.1 Å². The molecule has 1 aliphatic heterocycles. The van der Waals surface area contributed by atoms with Crippen LogP contribution in [0.4, 0.5) is 10.5 Å². The van der Waals surface area contributed by atoms with Crippen LogP contribution in [0, 0.1) is 3.57 Å². The van der Waals surface area contributed by atoms with Crippen molar-refractivity contribution >= 4 is 75.4 Å². The van der Waals surface area contributed by atoms with Gasteiger partial charge in [0.25, 0.3) is 5.91 Å². The molecular weight excluding hydrogens is 668 g/mol. The number of benzene rings is 3. The van der Waals surface area contributed by atoms with Crippen molar-refractivity contribution in [3.63, 3.8) is 0 Å². The van der Waals surface area contributed by atoms with Gasteiger partial charge in [0.2, 0.25) is 5.91 Å². The number of nitrogens with zero attached hydrogens (tertiary/aromatic N) is 1. The summed E-state index contributed by atoms with van der Waals surface area (Å²) < 4.78 is 12.6. The summed E-state index contributed by atoms with van der Waals surface area (Å²) in [7, 11) is 0. The van der Waals surface area contributed by atoms with Gasteiger partial charge in [0.1, 0.15) is 18.8 Å². The maximum atomic E-state index is 13.0. The van der Waals surface area contributed by atoms with Gasteiger partial charge in [0.05, 0.1) is 20.2 Å². The molecule has 1 fully saturated rings. The molecule has 3 aromatic rings. The number of carbonyl (C=O) groups is 3. The van der Waals surface area contributed by atoms with Crippen LogP contribution in [0.5, 0.6) is 11.5 Å². The molecule has 4 rings (SSSR count). The van der Waals surface area contributed by atoms with Crippen LogP contribution < -0.4 is 20.1 Å². The highest BCUT2D eigenvalue weighted by Gasteiger charge is 2.35. The molecule has 8 nitrogen and oxygen atoms in total. The van der Waals surface area contributed by atoms with Crippen LogP contribution in [0.3, 0.4) is 0 Å². The summed E-state index contributed by atoms with van der Waals surface area (Å²) in [6, 6.07) is 15.5. The Hall–Kier alpha value is -3.28. The SMILES string of the molecule is CCOc1cc(/C=C2/NC(=O)N(CC(=O)Nc3ccccc3CC)C2=O)cc(I)c1OCc1ccc(Cl)c(Cl)c1. The second kappa shape index (κ2) is 13.4. The molecule has 11 heteroatoms. The first-order valence-electron chi connectivity index (χ1n) is 12.5. The third kappa shape index (κ3) is 7.07. The number of imide groups is 1. The molecule has 40 heavy (non-hydrogen) atoms. The number of hydrogen-bond donors (Lipinski definition) is 2. The van der Waals surface area contributed by atoms with E-state index in [0.29, 0.717) is 39.4 Å². The smallest absolute Gasteiger partial charge is 0.329 e. The minimum Gasteiger partial charge on any atom is -0.490 e. The first-order valence-corrected chi connectivity index (χ1v) is 14.3. The molecule has 3 aromatic carbocycles. The lowest BCUT2D eigenvalue weighted by molar-refractivity contribution is -0.127. The van der Waals surface area contributed by atoms with E-state index in [-0.39, 0.29) is 12.3 Å². The van der Waals surface area contributed by atoms with Crippen LogP contribution in [-0.2, 0) is 22.6 Å².